The molecule has 0 fully saturated rings. The van der Waals surface area contributed by atoms with Gasteiger partial charge in [-0.05, 0) is 51.5 Å². The first kappa shape index (κ1) is 18.7. The lowest BCUT2D eigenvalue weighted by atomic mass is 10.2. The van der Waals surface area contributed by atoms with Crippen LogP contribution >= 0.6 is 0 Å². The first-order chi connectivity index (χ1) is 11.1. The Hall–Kier alpha value is -1.66. The summed E-state index contributed by atoms with van der Waals surface area (Å²) < 4.78 is 49.8. The Kier molecular flexibility index (Phi) is 5.50. The molecule has 0 radical (unpaired) electrons. The molecule has 0 bridgehead atoms. The Morgan fingerprint density at radius 1 is 0.750 bits per heavy atom. The second kappa shape index (κ2) is 7.07. The van der Waals surface area contributed by atoms with Crippen molar-refractivity contribution >= 4 is 19.7 Å². The summed E-state index contributed by atoms with van der Waals surface area (Å²) in [6.45, 7) is 5.32. The Balaban J connectivity index is 2.13. The molecule has 2 aromatic carbocycles. The molecular weight excluding hydrogens is 344 g/mol. The van der Waals surface area contributed by atoms with Crippen LogP contribution in [-0.4, -0.2) is 27.8 Å². The molecule has 0 amide bonds. The van der Waals surface area contributed by atoms with Crippen molar-refractivity contribution in [2.24, 2.45) is 0 Å². The molecule has 0 saturated heterocycles. The largest absolute Gasteiger partial charge is 0.224 e. The van der Waals surface area contributed by atoms with Crippen LogP contribution in [0.2, 0.25) is 0 Å². The van der Waals surface area contributed by atoms with Crippen molar-refractivity contribution in [3.05, 3.63) is 59.7 Å². The molecule has 0 aliphatic carbocycles. The molecule has 0 aliphatic heterocycles. The second-order valence-electron chi connectivity index (χ2n) is 6.09. The van der Waals surface area contributed by atoms with Crippen molar-refractivity contribution in [2.75, 3.05) is 5.75 Å². The first-order valence-electron chi connectivity index (χ1n) is 7.73. The molecule has 0 unspecified atom stereocenters. The van der Waals surface area contributed by atoms with Crippen molar-refractivity contribution in [2.45, 2.75) is 42.2 Å². The zero-order valence-electron chi connectivity index (χ0n) is 14.1. The predicted molar refractivity (Wildman–Crippen MR) is 95.7 cm³/mol. The molecule has 0 aromatic heterocycles. The maximum Gasteiger partial charge on any atom is 0.180 e. The zero-order chi connectivity index (χ0) is 18.0. The normalized spacial score (nSPS) is 13.6. The van der Waals surface area contributed by atoms with E-state index in [4.69, 9.17) is 0 Å². The summed E-state index contributed by atoms with van der Waals surface area (Å²) in [6.07, 6.45) is 0.0619. The summed E-state index contributed by atoms with van der Waals surface area (Å²) in [5.41, 5.74) is 1.95. The minimum absolute atomic E-state index is 0.0619. The van der Waals surface area contributed by atoms with Crippen LogP contribution in [-0.2, 0) is 19.7 Å². The monoisotopic (exact) mass is 366 g/mol. The van der Waals surface area contributed by atoms with Crippen LogP contribution in [0, 0.1) is 13.8 Å². The molecule has 2 rings (SSSR count). The van der Waals surface area contributed by atoms with Crippen molar-refractivity contribution in [1.29, 1.82) is 0 Å². The Morgan fingerprint density at radius 3 is 1.62 bits per heavy atom. The van der Waals surface area contributed by atoms with Crippen molar-refractivity contribution in [3.63, 3.8) is 0 Å². The minimum Gasteiger partial charge on any atom is -0.224 e. The van der Waals surface area contributed by atoms with Gasteiger partial charge in [-0.15, -0.1) is 0 Å². The van der Waals surface area contributed by atoms with E-state index in [0.29, 0.717) is 0 Å². The highest BCUT2D eigenvalue weighted by Crippen LogP contribution is 2.21. The average Bonchev–Trinajstić information content (AvgIpc) is 2.53. The first-order valence-corrected chi connectivity index (χ1v) is 10.9. The van der Waals surface area contributed by atoms with Crippen LogP contribution in [0.15, 0.2) is 58.3 Å². The fraction of sp³-hybridized carbons (Fsp3) is 0.333. The fourth-order valence-corrected chi connectivity index (χ4v) is 5.31. The van der Waals surface area contributed by atoms with Gasteiger partial charge in [0.25, 0.3) is 0 Å². The van der Waals surface area contributed by atoms with E-state index in [1.54, 1.807) is 55.5 Å². The highest BCUT2D eigenvalue weighted by atomic mass is 32.2. The van der Waals surface area contributed by atoms with E-state index in [9.17, 15) is 16.8 Å². The SMILES string of the molecule is Cc1ccc(S(=O)(=O)CC[C@@H](C)S(=O)(=O)c2ccc(C)cc2)cc1. The lowest BCUT2D eigenvalue weighted by Gasteiger charge is -2.13. The van der Waals surface area contributed by atoms with E-state index in [-0.39, 0.29) is 22.0 Å². The van der Waals surface area contributed by atoms with Gasteiger partial charge in [0.05, 0.1) is 20.8 Å². The summed E-state index contributed by atoms with van der Waals surface area (Å²) in [5, 5.41) is -0.763. The molecule has 0 aliphatic rings. The van der Waals surface area contributed by atoms with Crippen LogP contribution in [0.4, 0.5) is 0 Å². The minimum atomic E-state index is -3.53. The number of rotatable bonds is 6. The van der Waals surface area contributed by atoms with Crippen molar-refractivity contribution in [3.8, 4) is 0 Å². The molecule has 1 atom stereocenters. The van der Waals surface area contributed by atoms with Crippen LogP contribution in [0.25, 0.3) is 0 Å². The highest BCUT2D eigenvalue weighted by Gasteiger charge is 2.25. The molecule has 6 heteroatoms. The molecular formula is C18H22O4S2. The smallest absolute Gasteiger partial charge is 0.180 e. The lowest BCUT2D eigenvalue weighted by Crippen LogP contribution is -2.22. The Labute approximate surface area is 144 Å². The Bertz CT molecular complexity index is 894. The highest BCUT2D eigenvalue weighted by molar-refractivity contribution is 7.92. The maximum absolute atomic E-state index is 12.5. The van der Waals surface area contributed by atoms with E-state index in [1.165, 1.54) is 0 Å². The van der Waals surface area contributed by atoms with Gasteiger partial charge in [0.15, 0.2) is 19.7 Å². The van der Waals surface area contributed by atoms with Gasteiger partial charge in [0, 0.05) is 0 Å². The van der Waals surface area contributed by atoms with Gasteiger partial charge in [-0.1, -0.05) is 35.4 Å². The second-order valence-corrected chi connectivity index (χ2v) is 10.6. The Morgan fingerprint density at radius 2 is 1.17 bits per heavy atom. The molecule has 4 nitrogen and oxygen atoms in total. The number of sulfone groups is 2. The lowest BCUT2D eigenvalue weighted by molar-refractivity contribution is 0.576. The van der Waals surface area contributed by atoms with Crippen LogP contribution in [0.1, 0.15) is 24.5 Å². The molecule has 2 aromatic rings. The van der Waals surface area contributed by atoms with Crippen LogP contribution in [0.3, 0.4) is 0 Å². The third kappa shape index (κ3) is 4.24. The molecule has 0 heterocycles. The van der Waals surface area contributed by atoms with Crippen molar-refractivity contribution in [1.82, 2.24) is 0 Å². The topological polar surface area (TPSA) is 68.3 Å². The van der Waals surface area contributed by atoms with Crippen molar-refractivity contribution < 1.29 is 16.8 Å². The van der Waals surface area contributed by atoms with Gasteiger partial charge >= 0.3 is 0 Å². The van der Waals surface area contributed by atoms with Gasteiger partial charge in [0.2, 0.25) is 0 Å². The van der Waals surface area contributed by atoms with E-state index in [2.05, 4.69) is 0 Å². The summed E-state index contributed by atoms with van der Waals surface area (Å²) in [7, 11) is -7.02. The van der Waals surface area contributed by atoms with E-state index < -0.39 is 24.9 Å². The summed E-state index contributed by atoms with van der Waals surface area (Å²) in [5.74, 6) is -0.192. The van der Waals surface area contributed by atoms with E-state index >= 15 is 0 Å². The zero-order valence-corrected chi connectivity index (χ0v) is 15.7. The number of hydrogen-bond donors (Lipinski definition) is 0. The van der Waals surface area contributed by atoms with E-state index in [0.717, 1.165) is 11.1 Å². The number of hydrogen-bond acceptors (Lipinski definition) is 4. The van der Waals surface area contributed by atoms with Gasteiger partial charge in [-0.25, -0.2) is 16.8 Å². The summed E-state index contributed by atoms with van der Waals surface area (Å²) in [6, 6.07) is 13.2. The third-order valence-corrected chi connectivity index (χ3v) is 8.04. The molecule has 0 saturated carbocycles. The average molecular weight is 367 g/mol. The fourth-order valence-electron chi connectivity index (χ4n) is 2.30. The van der Waals surface area contributed by atoms with Gasteiger partial charge in [-0.3, -0.25) is 0 Å². The van der Waals surface area contributed by atoms with Crippen LogP contribution in [0.5, 0.6) is 0 Å². The number of aryl methyl sites for hydroxylation is 2. The molecule has 130 valence electrons. The summed E-state index contributed by atoms with van der Waals surface area (Å²) >= 11 is 0. The van der Waals surface area contributed by atoms with E-state index in [1.807, 2.05) is 13.8 Å². The standard InChI is InChI=1S/C18H22O4S2/c1-14-4-8-17(9-5-14)23(19,20)13-12-16(3)24(21,22)18-10-6-15(2)7-11-18/h4-11,16H,12-13H2,1-3H3/t16-/m1/s1. The molecule has 24 heavy (non-hydrogen) atoms. The predicted octanol–water partition coefficient (Wildman–Crippen LogP) is 3.33. The quantitative estimate of drug-likeness (QED) is 0.786. The van der Waals surface area contributed by atoms with Gasteiger partial charge in [-0.2, -0.15) is 0 Å². The third-order valence-electron chi connectivity index (χ3n) is 4.05. The van der Waals surface area contributed by atoms with Gasteiger partial charge < -0.3 is 0 Å². The van der Waals surface area contributed by atoms with Crippen LogP contribution < -0.4 is 0 Å². The number of benzene rings is 2. The molecule has 0 N–H and O–H groups in total. The summed E-state index contributed by atoms with van der Waals surface area (Å²) in [4.78, 5) is 0.460. The van der Waals surface area contributed by atoms with Gasteiger partial charge in [0.1, 0.15) is 0 Å². The molecule has 0 spiro atoms. The maximum atomic E-state index is 12.5.